The Balaban J connectivity index is 1.53. The van der Waals surface area contributed by atoms with E-state index in [9.17, 15) is 9.90 Å². The van der Waals surface area contributed by atoms with E-state index in [-0.39, 0.29) is 24.2 Å². The van der Waals surface area contributed by atoms with Gasteiger partial charge in [-0.2, -0.15) is 0 Å². The van der Waals surface area contributed by atoms with Crippen molar-refractivity contribution in [3.63, 3.8) is 0 Å². The van der Waals surface area contributed by atoms with Crippen molar-refractivity contribution < 1.29 is 14.6 Å². The van der Waals surface area contributed by atoms with Gasteiger partial charge in [-0.25, -0.2) is 0 Å². The van der Waals surface area contributed by atoms with Gasteiger partial charge in [-0.15, -0.1) is 0 Å². The number of carbonyl (C=O) groups excluding carboxylic acids is 1. The fourth-order valence-electron chi connectivity index (χ4n) is 3.98. The second-order valence-electron chi connectivity index (χ2n) is 7.60. The van der Waals surface area contributed by atoms with Crippen LogP contribution in [-0.4, -0.2) is 47.3 Å². The lowest BCUT2D eigenvalue weighted by Crippen LogP contribution is -2.37. The topological polar surface area (TPSA) is 61.8 Å². The van der Waals surface area contributed by atoms with Crippen LogP contribution in [0.4, 0.5) is 0 Å². The minimum Gasteiger partial charge on any atom is -0.392 e. The zero-order valence-electron chi connectivity index (χ0n) is 15.8. The van der Waals surface area contributed by atoms with Crippen LogP contribution in [0.1, 0.15) is 56.6 Å². The molecule has 0 spiro atoms. The molecule has 2 N–H and O–H groups in total. The summed E-state index contributed by atoms with van der Waals surface area (Å²) in [5.41, 5.74) is 2.35. The summed E-state index contributed by atoms with van der Waals surface area (Å²) in [5.74, 6) is -0.00852. The molecule has 5 nitrogen and oxygen atoms in total. The van der Waals surface area contributed by atoms with Crippen LogP contribution in [0.3, 0.4) is 0 Å². The summed E-state index contributed by atoms with van der Waals surface area (Å²) < 4.78 is 6.01. The van der Waals surface area contributed by atoms with E-state index in [2.05, 4.69) is 22.3 Å². The highest BCUT2D eigenvalue weighted by molar-refractivity contribution is 5.80. The molecule has 2 aliphatic rings. The molecule has 0 aromatic heterocycles. The Morgan fingerprint density at radius 2 is 2.00 bits per heavy atom. The van der Waals surface area contributed by atoms with Crippen molar-refractivity contribution in [1.82, 2.24) is 10.2 Å². The molecule has 0 bridgehead atoms. The summed E-state index contributed by atoms with van der Waals surface area (Å²) in [5, 5.41) is 12.8. The molecule has 1 amide bonds. The van der Waals surface area contributed by atoms with Crippen LogP contribution in [0.2, 0.25) is 0 Å². The van der Waals surface area contributed by atoms with Gasteiger partial charge in [0.15, 0.2) is 0 Å². The molecule has 2 unspecified atom stereocenters. The van der Waals surface area contributed by atoms with E-state index in [0.29, 0.717) is 13.0 Å². The summed E-state index contributed by atoms with van der Waals surface area (Å²) in [7, 11) is 0. The van der Waals surface area contributed by atoms with E-state index in [0.717, 1.165) is 44.5 Å². The average molecular weight is 360 g/mol. The molecule has 144 valence electrons. The lowest BCUT2D eigenvalue weighted by Gasteiger charge is -2.21. The third-order valence-electron chi connectivity index (χ3n) is 5.54. The van der Waals surface area contributed by atoms with Crippen LogP contribution in [0.25, 0.3) is 0 Å². The average Bonchev–Trinajstić information content (AvgIpc) is 3.30. The minimum absolute atomic E-state index is 0.00852. The fourth-order valence-corrected chi connectivity index (χ4v) is 3.98. The Hall–Kier alpha value is -1.43. The summed E-state index contributed by atoms with van der Waals surface area (Å²) in [6.45, 7) is 5.00. The Morgan fingerprint density at radius 3 is 2.65 bits per heavy atom. The summed E-state index contributed by atoms with van der Waals surface area (Å²) in [6, 6.07) is 8.22. The lowest BCUT2D eigenvalue weighted by molar-refractivity contribution is -0.136. The van der Waals surface area contributed by atoms with Gasteiger partial charge in [0.05, 0.1) is 12.2 Å². The number of rotatable bonds is 8. The maximum absolute atomic E-state index is 12.6. The van der Waals surface area contributed by atoms with Crippen LogP contribution in [0.5, 0.6) is 0 Å². The highest BCUT2D eigenvalue weighted by Crippen LogP contribution is 2.23. The molecular formula is C21H32N2O3. The predicted molar refractivity (Wildman–Crippen MR) is 102 cm³/mol. The number of carbonyl (C=O) groups is 1. The Kier molecular flexibility index (Phi) is 7.06. The molecule has 26 heavy (non-hydrogen) atoms. The predicted octanol–water partition coefficient (Wildman–Crippen LogP) is 2.61. The standard InChI is InChI=1S/C21H32N2O3/c1-2-20(26-19-9-5-6-10-19)21(25)22-13-16-7-3-4-8-17(16)14-23-12-11-18(24)15-23/h3-4,7-8,18-20,24H,2,5-6,9-15H2,1H3,(H,22,25). The summed E-state index contributed by atoms with van der Waals surface area (Å²) in [4.78, 5) is 14.8. The summed E-state index contributed by atoms with van der Waals surface area (Å²) in [6.07, 6.45) is 5.81. The largest absolute Gasteiger partial charge is 0.392 e. The number of β-amino-alcohol motifs (C(OH)–C–C–N with tert-alkyl or cyclic N) is 1. The molecule has 1 aromatic carbocycles. The van der Waals surface area contributed by atoms with Crippen molar-refractivity contribution in [3.8, 4) is 0 Å². The van der Waals surface area contributed by atoms with Crippen LogP contribution < -0.4 is 5.32 Å². The lowest BCUT2D eigenvalue weighted by atomic mass is 10.1. The van der Waals surface area contributed by atoms with Gasteiger partial charge >= 0.3 is 0 Å². The van der Waals surface area contributed by atoms with E-state index in [1.807, 2.05) is 19.1 Å². The number of aliphatic hydroxyl groups excluding tert-OH is 1. The molecule has 5 heteroatoms. The number of nitrogens with zero attached hydrogens (tertiary/aromatic N) is 1. The van der Waals surface area contributed by atoms with Crippen molar-refractivity contribution in [2.45, 2.75) is 76.9 Å². The zero-order chi connectivity index (χ0) is 18.4. The van der Waals surface area contributed by atoms with E-state index >= 15 is 0 Å². The maximum atomic E-state index is 12.6. The van der Waals surface area contributed by atoms with Crippen LogP contribution in [-0.2, 0) is 22.6 Å². The van der Waals surface area contributed by atoms with E-state index in [1.165, 1.54) is 18.4 Å². The first kappa shape index (κ1) is 19.3. The van der Waals surface area contributed by atoms with Crippen molar-refractivity contribution in [2.75, 3.05) is 13.1 Å². The molecule has 1 aromatic rings. The van der Waals surface area contributed by atoms with Gasteiger partial charge in [0.1, 0.15) is 6.10 Å². The van der Waals surface area contributed by atoms with E-state index < -0.39 is 0 Å². The number of amides is 1. The van der Waals surface area contributed by atoms with Crippen molar-refractivity contribution >= 4 is 5.91 Å². The van der Waals surface area contributed by atoms with Gasteiger partial charge in [-0.05, 0) is 36.8 Å². The summed E-state index contributed by atoms with van der Waals surface area (Å²) >= 11 is 0. The van der Waals surface area contributed by atoms with Gasteiger partial charge in [0.2, 0.25) is 5.91 Å². The monoisotopic (exact) mass is 360 g/mol. The van der Waals surface area contributed by atoms with Gasteiger partial charge in [-0.3, -0.25) is 9.69 Å². The van der Waals surface area contributed by atoms with Crippen LogP contribution >= 0.6 is 0 Å². The third kappa shape index (κ3) is 5.29. The fraction of sp³-hybridized carbons (Fsp3) is 0.667. The zero-order valence-corrected chi connectivity index (χ0v) is 15.8. The number of aliphatic hydroxyl groups is 1. The number of hydrogen-bond acceptors (Lipinski definition) is 4. The number of ether oxygens (including phenoxy) is 1. The first-order valence-corrected chi connectivity index (χ1v) is 10.1. The van der Waals surface area contributed by atoms with Crippen LogP contribution in [0.15, 0.2) is 24.3 Å². The molecule has 2 fully saturated rings. The first-order chi connectivity index (χ1) is 12.7. The quantitative estimate of drug-likeness (QED) is 0.748. The SMILES string of the molecule is CCC(OC1CCCC1)C(=O)NCc1ccccc1CN1CCC(O)C1. The second kappa shape index (κ2) is 9.49. The van der Waals surface area contributed by atoms with Gasteiger partial charge in [-0.1, -0.05) is 44.0 Å². The van der Waals surface area contributed by atoms with Gasteiger partial charge in [0, 0.05) is 26.2 Å². The first-order valence-electron chi connectivity index (χ1n) is 10.1. The molecular weight excluding hydrogens is 328 g/mol. The van der Waals surface area contributed by atoms with E-state index in [4.69, 9.17) is 4.74 Å². The molecule has 1 aliphatic heterocycles. The molecule has 1 saturated heterocycles. The van der Waals surface area contributed by atoms with Crippen molar-refractivity contribution in [3.05, 3.63) is 35.4 Å². The normalized spacial score (nSPS) is 22.6. The Morgan fingerprint density at radius 1 is 1.27 bits per heavy atom. The molecule has 1 aliphatic carbocycles. The smallest absolute Gasteiger partial charge is 0.249 e. The van der Waals surface area contributed by atoms with Gasteiger partial charge < -0.3 is 15.2 Å². The second-order valence-corrected chi connectivity index (χ2v) is 7.60. The van der Waals surface area contributed by atoms with Gasteiger partial charge in [0.25, 0.3) is 0 Å². The molecule has 0 radical (unpaired) electrons. The maximum Gasteiger partial charge on any atom is 0.249 e. The molecule has 3 rings (SSSR count). The number of nitrogens with one attached hydrogen (secondary N) is 1. The highest BCUT2D eigenvalue weighted by atomic mass is 16.5. The Labute approximate surface area is 156 Å². The number of benzene rings is 1. The molecule has 1 heterocycles. The minimum atomic E-state index is -0.348. The number of likely N-dealkylation sites (tertiary alicyclic amines) is 1. The molecule has 2 atom stereocenters. The number of hydrogen-bond donors (Lipinski definition) is 2. The van der Waals surface area contributed by atoms with Crippen molar-refractivity contribution in [2.24, 2.45) is 0 Å². The highest BCUT2D eigenvalue weighted by Gasteiger charge is 2.24. The third-order valence-corrected chi connectivity index (χ3v) is 5.54. The molecule has 1 saturated carbocycles. The van der Waals surface area contributed by atoms with Crippen molar-refractivity contribution in [1.29, 1.82) is 0 Å². The van der Waals surface area contributed by atoms with E-state index in [1.54, 1.807) is 0 Å². The Bertz CT molecular complexity index is 586. The van der Waals surface area contributed by atoms with Crippen LogP contribution in [0, 0.1) is 0 Å².